The zero-order chi connectivity index (χ0) is 20.3. The first kappa shape index (κ1) is 18.3. The average Bonchev–Trinajstić information content (AvgIpc) is 3.13. The predicted molar refractivity (Wildman–Crippen MR) is 86.8 cm³/mol. The minimum atomic E-state index is -4.83. The molecule has 0 saturated heterocycles. The van der Waals surface area contributed by atoms with Crippen molar-refractivity contribution in [2.45, 2.75) is 25.2 Å². The van der Waals surface area contributed by atoms with E-state index in [9.17, 15) is 31.1 Å². The van der Waals surface area contributed by atoms with Crippen molar-refractivity contribution in [3.05, 3.63) is 64.6 Å². The zero-order valence-electron chi connectivity index (χ0n) is 13.9. The Hall–Kier alpha value is -3.04. The van der Waals surface area contributed by atoms with Crippen molar-refractivity contribution in [2.24, 2.45) is 0 Å². The SMILES string of the molecule is O=C1Cc2cc(Cc3c(C(F)(F)F)nc4cc(C(F)(F)F)ccn34)ccc2N1. The second kappa shape index (κ2) is 5.98. The van der Waals surface area contributed by atoms with Crippen LogP contribution >= 0.6 is 0 Å². The van der Waals surface area contributed by atoms with Gasteiger partial charge >= 0.3 is 12.4 Å². The van der Waals surface area contributed by atoms with E-state index in [1.165, 1.54) is 0 Å². The average molecular weight is 399 g/mol. The van der Waals surface area contributed by atoms with Crippen LogP contribution in [0.25, 0.3) is 5.65 Å². The first-order valence-corrected chi connectivity index (χ1v) is 8.09. The van der Waals surface area contributed by atoms with Gasteiger partial charge in [-0.15, -0.1) is 0 Å². The molecule has 146 valence electrons. The minimum absolute atomic E-state index is 0.122. The van der Waals surface area contributed by atoms with Crippen molar-refractivity contribution in [3.8, 4) is 0 Å². The van der Waals surface area contributed by atoms with Crippen molar-refractivity contribution >= 4 is 17.2 Å². The number of aromatic nitrogens is 2. The molecule has 10 heteroatoms. The topological polar surface area (TPSA) is 46.4 Å². The van der Waals surface area contributed by atoms with E-state index in [2.05, 4.69) is 10.3 Å². The summed E-state index contributed by atoms with van der Waals surface area (Å²) in [6.07, 6.45) is -8.66. The Morgan fingerprint density at radius 3 is 2.46 bits per heavy atom. The summed E-state index contributed by atoms with van der Waals surface area (Å²) in [4.78, 5) is 14.8. The second-order valence-corrected chi connectivity index (χ2v) is 6.44. The molecular weight excluding hydrogens is 388 g/mol. The molecule has 0 saturated carbocycles. The van der Waals surface area contributed by atoms with Gasteiger partial charge in [-0.1, -0.05) is 12.1 Å². The van der Waals surface area contributed by atoms with Gasteiger partial charge in [0.2, 0.25) is 5.91 Å². The zero-order valence-corrected chi connectivity index (χ0v) is 13.9. The summed E-state index contributed by atoms with van der Waals surface area (Å²) < 4.78 is 79.9. The molecule has 3 aromatic rings. The number of benzene rings is 1. The van der Waals surface area contributed by atoms with Crippen LogP contribution in [0.3, 0.4) is 0 Å². The molecule has 1 aromatic carbocycles. The van der Waals surface area contributed by atoms with Gasteiger partial charge in [0.1, 0.15) is 5.65 Å². The van der Waals surface area contributed by atoms with Crippen LogP contribution in [0.2, 0.25) is 0 Å². The lowest BCUT2D eigenvalue weighted by atomic mass is 10.0. The Morgan fingerprint density at radius 1 is 1.04 bits per heavy atom. The van der Waals surface area contributed by atoms with Gasteiger partial charge in [0.25, 0.3) is 0 Å². The fourth-order valence-electron chi connectivity index (χ4n) is 3.25. The van der Waals surface area contributed by atoms with Crippen molar-refractivity contribution in [2.75, 3.05) is 5.32 Å². The first-order chi connectivity index (χ1) is 13.0. The maximum Gasteiger partial charge on any atom is 0.435 e. The summed E-state index contributed by atoms with van der Waals surface area (Å²) in [5, 5.41) is 2.63. The highest BCUT2D eigenvalue weighted by atomic mass is 19.4. The van der Waals surface area contributed by atoms with E-state index in [0.29, 0.717) is 28.9 Å². The lowest BCUT2D eigenvalue weighted by Gasteiger charge is -2.10. The molecule has 0 bridgehead atoms. The summed E-state index contributed by atoms with van der Waals surface area (Å²) in [6.45, 7) is 0. The highest BCUT2D eigenvalue weighted by Crippen LogP contribution is 2.36. The predicted octanol–water partition coefficient (Wildman–Crippen LogP) is 4.46. The Labute approximate surface area is 153 Å². The Morgan fingerprint density at radius 2 is 1.79 bits per heavy atom. The van der Waals surface area contributed by atoms with Crippen molar-refractivity contribution in [3.63, 3.8) is 0 Å². The number of halogens is 6. The van der Waals surface area contributed by atoms with Crippen LogP contribution in [0.1, 0.15) is 28.1 Å². The molecule has 2 aromatic heterocycles. The monoisotopic (exact) mass is 399 g/mol. The number of anilines is 1. The molecule has 0 unspecified atom stereocenters. The smallest absolute Gasteiger partial charge is 0.326 e. The third-order valence-corrected chi connectivity index (χ3v) is 4.49. The van der Waals surface area contributed by atoms with Crippen LogP contribution in [0.5, 0.6) is 0 Å². The lowest BCUT2D eigenvalue weighted by molar-refractivity contribution is -0.141. The van der Waals surface area contributed by atoms with Crippen molar-refractivity contribution in [1.29, 1.82) is 0 Å². The maximum absolute atomic E-state index is 13.4. The van der Waals surface area contributed by atoms with E-state index < -0.39 is 29.3 Å². The standard InChI is InChI=1S/C18H11F6N3O/c19-17(20,21)11-3-4-27-13(16(18(22,23)24)26-14(27)8-11)6-9-1-2-12-10(5-9)7-15(28)25-12/h1-5,8H,6-7H2,(H,25,28). The number of nitrogens with zero attached hydrogens (tertiary/aromatic N) is 2. The van der Waals surface area contributed by atoms with E-state index >= 15 is 0 Å². The van der Waals surface area contributed by atoms with E-state index in [1.807, 2.05) is 0 Å². The van der Waals surface area contributed by atoms with Crippen molar-refractivity contribution < 1.29 is 31.1 Å². The van der Waals surface area contributed by atoms with E-state index in [-0.39, 0.29) is 24.4 Å². The van der Waals surface area contributed by atoms with Gasteiger partial charge < -0.3 is 9.72 Å². The van der Waals surface area contributed by atoms with Crippen molar-refractivity contribution in [1.82, 2.24) is 9.38 Å². The number of carbonyl (C=O) groups excluding carboxylic acids is 1. The third kappa shape index (κ3) is 3.19. The molecule has 1 amide bonds. The number of hydrogen-bond acceptors (Lipinski definition) is 2. The molecule has 0 radical (unpaired) electrons. The molecule has 4 rings (SSSR count). The number of fused-ring (bicyclic) bond motifs is 2. The number of nitrogens with one attached hydrogen (secondary N) is 1. The number of amides is 1. The van der Waals surface area contributed by atoms with Gasteiger partial charge in [0.05, 0.1) is 17.7 Å². The van der Waals surface area contributed by atoms with E-state index in [4.69, 9.17) is 0 Å². The summed E-state index contributed by atoms with van der Waals surface area (Å²) in [5.41, 5.74) is -1.28. The minimum Gasteiger partial charge on any atom is -0.326 e. The van der Waals surface area contributed by atoms with E-state index in [1.54, 1.807) is 18.2 Å². The van der Waals surface area contributed by atoms with Gasteiger partial charge in [0, 0.05) is 18.3 Å². The van der Waals surface area contributed by atoms with Crippen LogP contribution < -0.4 is 5.32 Å². The fraction of sp³-hybridized carbons (Fsp3) is 0.222. The molecular formula is C18H11F6N3O. The molecule has 0 fully saturated rings. The molecule has 1 aliphatic rings. The van der Waals surface area contributed by atoms with Gasteiger partial charge in [-0.3, -0.25) is 4.79 Å². The number of hydrogen-bond donors (Lipinski definition) is 1. The summed E-state index contributed by atoms with van der Waals surface area (Å²) in [7, 11) is 0. The molecule has 1 N–H and O–H groups in total. The van der Waals surface area contributed by atoms with Crippen LogP contribution in [-0.4, -0.2) is 15.3 Å². The van der Waals surface area contributed by atoms with Gasteiger partial charge in [0.15, 0.2) is 5.69 Å². The highest BCUT2D eigenvalue weighted by molar-refractivity contribution is 5.99. The Kier molecular flexibility index (Phi) is 3.91. The maximum atomic E-state index is 13.4. The van der Waals surface area contributed by atoms with Gasteiger partial charge in [-0.25, -0.2) is 4.98 Å². The summed E-state index contributed by atoms with van der Waals surface area (Å²) in [5.74, 6) is -0.211. The molecule has 0 spiro atoms. The molecule has 1 aliphatic heterocycles. The molecule has 0 aliphatic carbocycles. The number of imidazole rings is 1. The van der Waals surface area contributed by atoms with Gasteiger partial charge in [-0.05, 0) is 29.3 Å². The second-order valence-electron chi connectivity index (χ2n) is 6.44. The quantitative estimate of drug-likeness (QED) is 0.647. The van der Waals surface area contributed by atoms with Crippen LogP contribution in [0.15, 0.2) is 36.5 Å². The first-order valence-electron chi connectivity index (χ1n) is 8.09. The van der Waals surface area contributed by atoms with E-state index in [0.717, 1.165) is 10.6 Å². The fourth-order valence-corrected chi connectivity index (χ4v) is 3.25. The lowest BCUT2D eigenvalue weighted by Crippen LogP contribution is -2.10. The molecule has 3 heterocycles. The van der Waals surface area contributed by atoms with Crippen LogP contribution in [-0.2, 0) is 30.0 Å². The number of carbonyl (C=O) groups is 1. The van der Waals surface area contributed by atoms with Gasteiger partial charge in [-0.2, -0.15) is 26.3 Å². The highest BCUT2D eigenvalue weighted by Gasteiger charge is 2.38. The number of pyridine rings is 1. The normalized spacial score (nSPS) is 14.4. The number of alkyl halides is 6. The molecule has 0 atom stereocenters. The largest absolute Gasteiger partial charge is 0.435 e. The third-order valence-electron chi connectivity index (χ3n) is 4.49. The summed E-state index contributed by atoms with van der Waals surface area (Å²) in [6, 6.07) is 6.06. The molecule has 28 heavy (non-hydrogen) atoms. The Bertz CT molecular complexity index is 1100. The van der Waals surface area contributed by atoms with Crippen LogP contribution in [0.4, 0.5) is 32.0 Å². The number of rotatable bonds is 2. The Balaban J connectivity index is 1.81. The molecule has 4 nitrogen and oxygen atoms in total. The summed E-state index contributed by atoms with van der Waals surface area (Å²) >= 11 is 0. The van der Waals surface area contributed by atoms with Crippen LogP contribution in [0, 0.1) is 0 Å².